The molecular formula is C19H20Cl2N2O3. The number of para-hydroxylation sites is 2. The number of hydrogen-bond donors (Lipinski definition) is 2. The van der Waals surface area contributed by atoms with E-state index in [1.165, 1.54) is 12.1 Å². The Morgan fingerprint density at radius 1 is 1.12 bits per heavy atom. The lowest BCUT2D eigenvalue weighted by molar-refractivity contribution is -0.115. The first-order valence-electron chi connectivity index (χ1n) is 8.26. The van der Waals surface area contributed by atoms with Crippen LogP contribution in [-0.4, -0.2) is 25.0 Å². The van der Waals surface area contributed by atoms with E-state index in [9.17, 15) is 9.59 Å². The third-order valence-corrected chi connectivity index (χ3v) is 4.05. The lowest BCUT2D eigenvalue weighted by atomic mass is 10.2. The molecule has 0 saturated heterocycles. The van der Waals surface area contributed by atoms with Gasteiger partial charge >= 0.3 is 0 Å². The standard InChI is InChI=1S/C19H20Cl2N2O3/c1-2-3-10-26-17-7-5-4-6-16(17)23-18(24)12-22-19(25)14-9-8-13(20)11-15(14)21/h4-9,11H,2-3,10,12H2,1H3,(H,22,25)(H,23,24). The van der Waals surface area contributed by atoms with E-state index in [4.69, 9.17) is 27.9 Å². The summed E-state index contributed by atoms with van der Waals surface area (Å²) in [5.41, 5.74) is 0.819. The third-order valence-electron chi connectivity index (χ3n) is 3.50. The molecule has 2 amide bonds. The fraction of sp³-hybridized carbons (Fsp3) is 0.263. The number of nitrogens with one attached hydrogen (secondary N) is 2. The van der Waals surface area contributed by atoms with Gasteiger partial charge in [-0.2, -0.15) is 0 Å². The highest BCUT2D eigenvalue weighted by Gasteiger charge is 2.13. The van der Waals surface area contributed by atoms with E-state index in [0.717, 1.165) is 12.8 Å². The molecule has 2 rings (SSSR count). The summed E-state index contributed by atoms with van der Waals surface area (Å²) >= 11 is 11.8. The van der Waals surface area contributed by atoms with Crippen LogP contribution in [0.3, 0.4) is 0 Å². The molecule has 5 nitrogen and oxygen atoms in total. The van der Waals surface area contributed by atoms with Gasteiger partial charge < -0.3 is 15.4 Å². The Morgan fingerprint density at radius 2 is 1.88 bits per heavy atom. The quantitative estimate of drug-likeness (QED) is 0.645. The average Bonchev–Trinajstić information content (AvgIpc) is 2.61. The summed E-state index contributed by atoms with van der Waals surface area (Å²) in [5, 5.41) is 5.93. The molecule has 2 aromatic carbocycles. The molecule has 2 N–H and O–H groups in total. The van der Waals surface area contributed by atoms with Gasteiger partial charge in [0.1, 0.15) is 5.75 Å². The predicted molar refractivity (Wildman–Crippen MR) is 104 cm³/mol. The Balaban J connectivity index is 1.92. The highest BCUT2D eigenvalue weighted by molar-refractivity contribution is 6.36. The minimum Gasteiger partial charge on any atom is -0.491 e. The van der Waals surface area contributed by atoms with Crippen LogP contribution >= 0.6 is 23.2 Å². The maximum absolute atomic E-state index is 12.1. The van der Waals surface area contributed by atoms with Crippen LogP contribution in [0.5, 0.6) is 5.75 Å². The number of benzene rings is 2. The molecule has 7 heteroatoms. The minimum atomic E-state index is -0.450. The Kier molecular flexibility index (Phi) is 7.75. The summed E-state index contributed by atoms with van der Waals surface area (Å²) in [6.07, 6.45) is 1.95. The number of rotatable bonds is 8. The molecule has 0 saturated carbocycles. The van der Waals surface area contributed by atoms with Gasteiger partial charge in [0, 0.05) is 5.02 Å². The number of anilines is 1. The van der Waals surface area contributed by atoms with Gasteiger partial charge in [-0.25, -0.2) is 0 Å². The molecule has 0 spiro atoms. The van der Waals surface area contributed by atoms with Crippen LogP contribution in [0.4, 0.5) is 5.69 Å². The summed E-state index contributed by atoms with van der Waals surface area (Å²) in [6.45, 7) is 2.46. The highest BCUT2D eigenvalue weighted by Crippen LogP contribution is 2.24. The Morgan fingerprint density at radius 3 is 2.62 bits per heavy atom. The van der Waals surface area contributed by atoms with Crippen LogP contribution in [0.1, 0.15) is 30.1 Å². The zero-order valence-electron chi connectivity index (χ0n) is 14.4. The SMILES string of the molecule is CCCCOc1ccccc1NC(=O)CNC(=O)c1ccc(Cl)cc1Cl. The molecule has 26 heavy (non-hydrogen) atoms. The van der Waals surface area contributed by atoms with Gasteiger partial charge in [0.2, 0.25) is 5.91 Å². The van der Waals surface area contributed by atoms with E-state index in [-0.39, 0.29) is 23.0 Å². The molecule has 0 fully saturated rings. The number of ether oxygens (including phenoxy) is 1. The van der Waals surface area contributed by atoms with E-state index in [0.29, 0.717) is 23.1 Å². The van der Waals surface area contributed by atoms with Gasteiger partial charge in [-0.3, -0.25) is 9.59 Å². The fourth-order valence-corrected chi connectivity index (χ4v) is 2.64. The largest absolute Gasteiger partial charge is 0.491 e. The molecule has 0 aliphatic heterocycles. The molecule has 0 aliphatic carbocycles. The summed E-state index contributed by atoms with van der Waals surface area (Å²) in [7, 11) is 0. The fourth-order valence-electron chi connectivity index (χ4n) is 2.15. The van der Waals surface area contributed by atoms with Gasteiger partial charge in [-0.05, 0) is 36.8 Å². The maximum atomic E-state index is 12.1. The van der Waals surface area contributed by atoms with Gasteiger partial charge in [0.15, 0.2) is 0 Å². The molecule has 0 aromatic heterocycles. The number of halogens is 2. The Labute approximate surface area is 162 Å². The number of amides is 2. The molecule has 0 heterocycles. The zero-order valence-corrected chi connectivity index (χ0v) is 15.9. The number of hydrogen-bond acceptors (Lipinski definition) is 3. The number of carbonyl (C=O) groups excluding carboxylic acids is 2. The monoisotopic (exact) mass is 394 g/mol. The third kappa shape index (κ3) is 5.93. The normalized spacial score (nSPS) is 10.3. The van der Waals surface area contributed by atoms with Crippen LogP contribution in [0, 0.1) is 0 Å². The van der Waals surface area contributed by atoms with E-state index in [2.05, 4.69) is 17.6 Å². The average molecular weight is 395 g/mol. The Bertz CT molecular complexity index is 781. The molecule has 2 aromatic rings. The van der Waals surface area contributed by atoms with Crippen molar-refractivity contribution >= 4 is 40.7 Å². The summed E-state index contributed by atoms with van der Waals surface area (Å²) in [4.78, 5) is 24.3. The summed E-state index contributed by atoms with van der Waals surface area (Å²) < 4.78 is 5.67. The van der Waals surface area contributed by atoms with Crippen molar-refractivity contribution in [1.82, 2.24) is 5.32 Å². The second-order valence-electron chi connectivity index (χ2n) is 5.55. The van der Waals surface area contributed by atoms with E-state index >= 15 is 0 Å². The molecule has 0 unspecified atom stereocenters. The summed E-state index contributed by atoms with van der Waals surface area (Å²) in [5.74, 6) is -0.217. The van der Waals surface area contributed by atoms with Gasteiger partial charge in [-0.15, -0.1) is 0 Å². The van der Waals surface area contributed by atoms with Gasteiger partial charge in [0.25, 0.3) is 5.91 Å². The van der Waals surface area contributed by atoms with E-state index in [1.807, 2.05) is 6.07 Å². The van der Waals surface area contributed by atoms with Crippen molar-refractivity contribution in [2.45, 2.75) is 19.8 Å². The van der Waals surface area contributed by atoms with Crippen molar-refractivity contribution in [3.63, 3.8) is 0 Å². The maximum Gasteiger partial charge on any atom is 0.253 e. The molecule has 0 atom stereocenters. The number of carbonyl (C=O) groups is 2. The van der Waals surface area contributed by atoms with Crippen LogP contribution in [0.15, 0.2) is 42.5 Å². The van der Waals surface area contributed by atoms with Crippen LogP contribution in [-0.2, 0) is 4.79 Å². The second-order valence-corrected chi connectivity index (χ2v) is 6.40. The second kappa shape index (κ2) is 10.0. The first-order chi connectivity index (χ1) is 12.5. The van der Waals surface area contributed by atoms with E-state index in [1.54, 1.807) is 24.3 Å². The highest BCUT2D eigenvalue weighted by atomic mass is 35.5. The van der Waals surface area contributed by atoms with Gasteiger partial charge in [-0.1, -0.05) is 48.7 Å². The Hall–Kier alpha value is -2.24. The van der Waals surface area contributed by atoms with E-state index < -0.39 is 5.91 Å². The topological polar surface area (TPSA) is 67.4 Å². The molecule has 0 radical (unpaired) electrons. The molecular weight excluding hydrogens is 375 g/mol. The van der Waals surface area contributed by atoms with Crippen molar-refractivity contribution < 1.29 is 14.3 Å². The first-order valence-corrected chi connectivity index (χ1v) is 9.01. The van der Waals surface area contributed by atoms with Crippen LogP contribution in [0.25, 0.3) is 0 Å². The van der Waals surface area contributed by atoms with Gasteiger partial charge in [0.05, 0.1) is 29.4 Å². The van der Waals surface area contributed by atoms with Crippen molar-refractivity contribution in [3.8, 4) is 5.75 Å². The van der Waals surface area contributed by atoms with Crippen molar-refractivity contribution in [1.29, 1.82) is 0 Å². The van der Waals surface area contributed by atoms with Crippen LogP contribution < -0.4 is 15.4 Å². The predicted octanol–water partition coefficient (Wildman–Crippen LogP) is 4.54. The molecule has 138 valence electrons. The lowest BCUT2D eigenvalue weighted by Gasteiger charge is -2.12. The van der Waals surface area contributed by atoms with Crippen molar-refractivity contribution in [2.24, 2.45) is 0 Å². The molecule has 0 bridgehead atoms. The van der Waals surface area contributed by atoms with Crippen molar-refractivity contribution in [3.05, 3.63) is 58.1 Å². The first kappa shape index (κ1) is 20.1. The zero-order chi connectivity index (χ0) is 18.9. The smallest absolute Gasteiger partial charge is 0.253 e. The minimum absolute atomic E-state index is 0.193. The number of unbranched alkanes of at least 4 members (excludes halogenated alkanes) is 1. The van der Waals surface area contributed by atoms with Crippen LogP contribution in [0.2, 0.25) is 10.0 Å². The van der Waals surface area contributed by atoms with Crippen molar-refractivity contribution in [2.75, 3.05) is 18.5 Å². The molecule has 0 aliphatic rings. The summed E-state index contributed by atoms with van der Waals surface area (Å²) in [6, 6.07) is 11.7. The lowest BCUT2D eigenvalue weighted by Crippen LogP contribution is -2.33.